The normalized spacial score (nSPS) is 42.0. The molecule has 0 aromatic carbocycles. The van der Waals surface area contributed by atoms with Gasteiger partial charge in [0.25, 0.3) is 0 Å². The molecule has 0 nitrogen and oxygen atoms in total. The number of hydrogen-bond acceptors (Lipinski definition) is 0. The Morgan fingerprint density at radius 1 is 1.35 bits per heavy atom. The second-order valence-electron chi connectivity index (χ2n) is 7.55. The van der Waals surface area contributed by atoms with E-state index >= 15 is 0 Å². The van der Waals surface area contributed by atoms with Crippen molar-refractivity contribution < 1.29 is 0 Å². The van der Waals surface area contributed by atoms with Crippen LogP contribution in [0.1, 0.15) is 39.0 Å². The molecule has 0 radical (unpaired) electrons. The molecule has 1 aliphatic heterocycles. The Balaban J connectivity index is 1.83. The molecule has 3 fully saturated rings. The summed E-state index contributed by atoms with van der Waals surface area (Å²) in [7, 11) is 0. The van der Waals surface area contributed by atoms with E-state index < -0.39 is 0 Å². The Morgan fingerprint density at radius 3 is 2.96 bits per heavy atom. The van der Waals surface area contributed by atoms with Crippen LogP contribution in [0.15, 0.2) is 58.3 Å². The maximum absolute atomic E-state index is 4.21. The Hall–Kier alpha value is -0.700. The lowest BCUT2D eigenvalue weighted by Crippen LogP contribution is -2.38. The van der Waals surface area contributed by atoms with Gasteiger partial charge in [0.05, 0.1) is 0 Å². The summed E-state index contributed by atoms with van der Waals surface area (Å²) in [6.07, 6.45) is 21.0. The van der Waals surface area contributed by atoms with Crippen LogP contribution in [0.25, 0.3) is 0 Å². The number of halogens is 1. The van der Waals surface area contributed by atoms with Crippen LogP contribution >= 0.6 is 20.7 Å². The van der Waals surface area contributed by atoms with E-state index in [1.54, 1.807) is 5.57 Å². The van der Waals surface area contributed by atoms with Crippen molar-refractivity contribution in [3.8, 4) is 0 Å². The van der Waals surface area contributed by atoms with E-state index in [1.165, 1.54) is 37.7 Å². The molecule has 0 N–H and O–H groups in total. The van der Waals surface area contributed by atoms with Gasteiger partial charge in [0.15, 0.2) is 0 Å². The maximum Gasteiger partial charge on any atom is 0.0236 e. The summed E-state index contributed by atoms with van der Waals surface area (Å²) in [4.78, 5) is 0. The van der Waals surface area contributed by atoms with Crippen LogP contribution in [0.5, 0.6) is 0 Å². The van der Waals surface area contributed by atoms with Crippen LogP contribution in [0.3, 0.4) is 0 Å². The van der Waals surface area contributed by atoms with Gasteiger partial charge in [-0.3, -0.25) is 0 Å². The van der Waals surface area contributed by atoms with E-state index in [4.69, 9.17) is 0 Å². The molecule has 3 saturated carbocycles. The van der Waals surface area contributed by atoms with Gasteiger partial charge in [-0.1, -0.05) is 70.2 Å². The Morgan fingerprint density at radius 2 is 2.22 bits per heavy atom. The second kappa shape index (κ2) is 6.31. The SMILES string of the molecule is C=C/C(=C\C=C/C)C1(C2=CC=IC=C2)CC2CC1C1CCCC21. The van der Waals surface area contributed by atoms with Crippen molar-refractivity contribution in [3.05, 3.63) is 58.3 Å². The first-order valence-corrected chi connectivity index (χ1v) is 11.6. The molecule has 3 aliphatic carbocycles. The van der Waals surface area contributed by atoms with Gasteiger partial charge in [0.1, 0.15) is 0 Å². The van der Waals surface area contributed by atoms with Crippen molar-refractivity contribution in [1.29, 1.82) is 0 Å². The fourth-order valence-corrected chi connectivity index (χ4v) is 7.61. The summed E-state index contributed by atoms with van der Waals surface area (Å²) in [6.45, 7) is 6.32. The van der Waals surface area contributed by atoms with E-state index in [-0.39, 0.29) is 26.1 Å². The van der Waals surface area contributed by atoms with Crippen LogP contribution in [0.2, 0.25) is 0 Å². The molecule has 1 heterocycles. The van der Waals surface area contributed by atoms with E-state index in [9.17, 15) is 0 Å². The first-order chi connectivity index (χ1) is 11.3. The van der Waals surface area contributed by atoms with Crippen molar-refractivity contribution in [2.75, 3.05) is 0 Å². The van der Waals surface area contributed by atoms with Crippen LogP contribution in [0.4, 0.5) is 0 Å². The van der Waals surface area contributed by atoms with Gasteiger partial charge in [-0.05, 0) is 75.5 Å². The van der Waals surface area contributed by atoms with E-state index in [1.807, 2.05) is 0 Å². The first kappa shape index (κ1) is 15.8. The maximum atomic E-state index is 4.21. The topological polar surface area (TPSA) is 0 Å². The average Bonchev–Trinajstić information content (AvgIpc) is 3.28. The van der Waals surface area contributed by atoms with Crippen molar-refractivity contribution in [3.63, 3.8) is 0 Å². The second-order valence-corrected chi connectivity index (χ2v) is 9.71. The minimum Gasteiger partial charge on any atom is -0.0988 e. The van der Waals surface area contributed by atoms with Gasteiger partial charge < -0.3 is 0 Å². The molecule has 4 aliphatic rings. The molecule has 0 aromatic heterocycles. The molecule has 0 spiro atoms. The Bertz CT molecular complexity index is 645. The lowest BCUT2D eigenvalue weighted by Gasteiger charge is -2.45. The van der Waals surface area contributed by atoms with Gasteiger partial charge in [-0.25, -0.2) is 0 Å². The summed E-state index contributed by atoms with van der Waals surface area (Å²) in [5, 5.41) is 0. The Kier molecular flexibility index (Phi) is 4.34. The Labute approximate surface area is 150 Å². The minimum atomic E-state index is 0.152. The van der Waals surface area contributed by atoms with E-state index in [2.05, 4.69) is 58.1 Å². The van der Waals surface area contributed by atoms with Gasteiger partial charge in [0.2, 0.25) is 0 Å². The summed E-state index contributed by atoms with van der Waals surface area (Å²) in [6, 6.07) is 0. The lowest BCUT2D eigenvalue weighted by atomic mass is 9.58. The molecule has 2 bridgehead atoms. The molecule has 1 heteroatoms. The van der Waals surface area contributed by atoms with Crippen molar-refractivity contribution in [1.82, 2.24) is 0 Å². The number of fused-ring (bicyclic) bond motifs is 5. The van der Waals surface area contributed by atoms with Gasteiger partial charge in [0, 0.05) is 5.41 Å². The van der Waals surface area contributed by atoms with Gasteiger partial charge in [-0.15, -0.1) is 0 Å². The van der Waals surface area contributed by atoms with Gasteiger partial charge in [-0.2, -0.15) is 0 Å². The van der Waals surface area contributed by atoms with E-state index in [0.29, 0.717) is 0 Å². The molecule has 5 unspecified atom stereocenters. The average molecular weight is 418 g/mol. The molecular weight excluding hydrogens is 391 g/mol. The highest BCUT2D eigenvalue weighted by Crippen LogP contribution is 2.70. The molecule has 0 saturated heterocycles. The molecule has 23 heavy (non-hydrogen) atoms. The predicted molar refractivity (Wildman–Crippen MR) is 110 cm³/mol. The van der Waals surface area contributed by atoms with Crippen LogP contribution < -0.4 is 0 Å². The van der Waals surface area contributed by atoms with Crippen molar-refractivity contribution >= 4 is 24.7 Å². The standard InChI is InChI=1S/C22H27I/c1-3-5-7-17(4-2)22(18-10-12-23-13-11-18)15-16-14-21(22)20-9-6-8-19(16)20/h3-5,7,10-13,16,19-21H,2,6,8-9,14-15H2,1H3/b5-3-,17-7+. The third kappa shape index (κ3) is 2.33. The zero-order valence-electron chi connectivity index (χ0n) is 14.0. The first-order valence-electron chi connectivity index (χ1n) is 9.09. The van der Waals surface area contributed by atoms with Gasteiger partial charge >= 0.3 is 0 Å². The smallest absolute Gasteiger partial charge is 0.0236 e. The number of rotatable bonds is 4. The summed E-state index contributed by atoms with van der Waals surface area (Å²) >= 11 is 0.152. The van der Waals surface area contributed by atoms with Crippen LogP contribution in [-0.4, -0.2) is 4.01 Å². The third-order valence-electron chi connectivity index (χ3n) is 6.87. The fraction of sp³-hybridized carbons (Fsp3) is 0.500. The van der Waals surface area contributed by atoms with Crippen LogP contribution in [-0.2, 0) is 0 Å². The summed E-state index contributed by atoms with van der Waals surface area (Å²) < 4.78 is 4.90. The minimum absolute atomic E-state index is 0.152. The summed E-state index contributed by atoms with van der Waals surface area (Å²) in [5.41, 5.74) is 3.30. The van der Waals surface area contributed by atoms with Crippen LogP contribution in [0, 0.1) is 29.1 Å². The largest absolute Gasteiger partial charge is 0.0988 e. The van der Waals surface area contributed by atoms with Crippen molar-refractivity contribution in [2.24, 2.45) is 29.1 Å². The molecule has 0 amide bonds. The molecule has 4 rings (SSSR count). The van der Waals surface area contributed by atoms with E-state index in [0.717, 1.165) is 23.7 Å². The quantitative estimate of drug-likeness (QED) is 0.369. The highest BCUT2D eigenvalue weighted by molar-refractivity contribution is 14.2. The molecular formula is C22H27I. The zero-order valence-corrected chi connectivity index (χ0v) is 16.2. The third-order valence-corrected chi connectivity index (χ3v) is 8.42. The monoisotopic (exact) mass is 418 g/mol. The summed E-state index contributed by atoms with van der Waals surface area (Å²) in [5.74, 6) is 3.79. The predicted octanol–water partition coefficient (Wildman–Crippen LogP) is 6.34. The number of hydrogen-bond donors (Lipinski definition) is 0. The molecule has 5 atom stereocenters. The molecule has 0 aromatic rings. The number of allylic oxidation sites excluding steroid dienone is 8. The van der Waals surface area contributed by atoms with Crippen molar-refractivity contribution in [2.45, 2.75) is 39.0 Å². The fourth-order valence-electron chi connectivity index (χ4n) is 6.18. The lowest BCUT2D eigenvalue weighted by molar-refractivity contribution is 0.153. The highest BCUT2D eigenvalue weighted by Gasteiger charge is 2.62. The molecule has 122 valence electrons. The zero-order chi connectivity index (χ0) is 15.9. The highest BCUT2D eigenvalue weighted by atomic mass is 127.